The number of likely N-dealkylation sites (tertiary alicyclic amines) is 1. The Morgan fingerprint density at radius 1 is 1.44 bits per heavy atom. The second-order valence-corrected chi connectivity index (χ2v) is 5.31. The maximum atomic E-state index is 10.3. The van der Waals surface area contributed by atoms with Crippen LogP contribution in [0.1, 0.15) is 18.1 Å². The second kappa shape index (κ2) is 5.69. The first-order valence-corrected chi connectivity index (χ1v) is 6.49. The second-order valence-electron chi connectivity index (χ2n) is 5.31. The van der Waals surface area contributed by atoms with Crippen LogP contribution in [0.3, 0.4) is 0 Å². The number of nitrogen functional groups attached to an aromatic ring is 1. The molecule has 1 heterocycles. The molecule has 2 unspecified atom stereocenters. The number of aliphatic hydroxyl groups excluding tert-OH is 1. The maximum absolute atomic E-state index is 10.3. The molecule has 0 aliphatic carbocycles. The lowest BCUT2D eigenvalue weighted by molar-refractivity contribution is 0.122. The molecule has 1 fully saturated rings. The highest BCUT2D eigenvalue weighted by molar-refractivity contribution is 5.47. The van der Waals surface area contributed by atoms with Crippen molar-refractivity contribution in [1.29, 1.82) is 0 Å². The number of nitrogens with zero attached hydrogens (tertiary/aromatic N) is 2. The van der Waals surface area contributed by atoms with Gasteiger partial charge in [-0.3, -0.25) is 4.90 Å². The van der Waals surface area contributed by atoms with Crippen molar-refractivity contribution >= 4 is 5.69 Å². The van der Waals surface area contributed by atoms with Gasteiger partial charge >= 0.3 is 0 Å². The van der Waals surface area contributed by atoms with Gasteiger partial charge in [0, 0.05) is 30.4 Å². The molecular weight excluding hydrogens is 226 g/mol. The molecule has 1 aromatic rings. The number of rotatable bonds is 4. The zero-order valence-electron chi connectivity index (χ0n) is 11.2. The molecule has 0 radical (unpaired) electrons. The number of nitrogens with two attached hydrogens (primary N) is 1. The van der Waals surface area contributed by atoms with E-state index in [1.807, 2.05) is 24.3 Å². The molecule has 0 spiro atoms. The van der Waals surface area contributed by atoms with Crippen LogP contribution in [0, 0.1) is 0 Å². The van der Waals surface area contributed by atoms with Crippen molar-refractivity contribution < 1.29 is 5.11 Å². The summed E-state index contributed by atoms with van der Waals surface area (Å²) in [5.41, 5.74) is 7.40. The number of hydrogen-bond acceptors (Lipinski definition) is 4. The van der Waals surface area contributed by atoms with Gasteiger partial charge < -0.3 is 15.7 Å². The summed E-state index contributed by atoms with van der Waals surface area (Å²) in [5, 5.41) is 10.3. The van der Waals surface area contributed by atoms with Crippen LogP contribution in [0.2, 0.25) is 0 Å². The van der Waals surface area contributed by atoms with Crippen LogP contribution in [0.5, 0.6) is 0 Å². The highest BCUT2D eigenvalue weighted by Gasteiger charge is 2.26. The number of β-amino-alcohol motifs (C(OH)–C–C–N with tert-alkyl or cyclic N) is 1. The normalized spacial score (nSPS) is 22.6. The summed E-state index contributed by atoms with van der Waals surface area (Å²) >= 11 is 0. The van der Waals surface area contributed by atoms with E-state index in [0.29, 0.717) is 18.3 Å². The van der Waals surface area contributed by atoms with Crippen LogP contribution in [0.25, 0.3) is 0 Å². The van der Waals surface area contributed by atoms with Crippen molar-refractivity contribution in [2.45, 2.75) is 18.6 Å². The van der Waals surface area contributed by atoms with Gasteiger partial charge in [0.05, 0.1) is 6.10 Å². The van der Waals surface area contributed by atoms with Gasteiger partial charge in [0.2, 0.25) is 0 Å². The minimum atomic E-state index is -0.493. The smallest absolute Gasteiger partial charge is 0.0936 e. The van der Waals surface area contributed by atoms with E-state index >= 15 is 0 Å². The molecule has 0 bridgehead atoms. The number of para-hydroxylation sites is 1. The van der Waals surface area contributed by atoms with Crippen LogP contribution in [-0.2, 0) is 0 Å². The van der Waals surface area contributed by atoms with Gasteiger partial charge in [0.25, 0.3) is 0 Å². The zero-order chi connectivity index (χ0) is 13.1. The summed E-state index contributed by atoms with van der Waals surface area (Å²) in [7, 11) is 4.22. The van der Waals surface area contributed by atoms with E-state index in [1.54, 1.807) is 0 Å². The monoisotopic (exact) mass is 249 g/mol. The Kier molecular flexibility index (Phi) is 4.22. The molecule has 0 saturated carbocycles. The first kappa shape index (κ1) is 13.3. The van der Waals surface area contributed by atoms with Crippen LogP contribution in [0.4, 0.5) is 5.69 Å². The molecule has 4 nitrogen and oxygen atoms in total. The number of benzene rings is 1. The Labute approximate surface area is 109 Å². The summed E-state index contributed by atoms with van der Waals surface area (Å²) in [6.45, 7) is 2.74. The highest BCUT2D eigenvalue weighted by Crippen LogP contribution is 2.23. The van der Waals surface area contributed by atoms with Gasteiger partial charge in [-0.05, 0) is 33.1 Å². The molecule has 1 aliphatic heterocycles. The molecule has 1 aromatic carbocycles. The van der Waals surface area contributed by atoms with Crippen LogP contribution in [0.15, 0.2) is 24.3 Å². The summed E-state index contributed by atoms with van der Waals surface area (Å²) < 4.78 is 0. The molecule has 2 atom stereocenters. The maximum Gasteiger partial charge on any atom is 0.0936 e. The topological polar surface area (TPSA) is 52.7 Å². The first-order chi connectivity index (χ1) is 8.58. The largest absolute Gasteiger partial charge is 0.398 e. The fourth-order valence-corrected chi connectivity index (χ4v) is 2.56. The Hall–Kier alpha value is -1.10. The SMILES string of the molecule is CN(C)C1CCN(CC(O)c2ccccc2N)C1. The number of hydrogen-bond donors (Lipinski definition) is 2. The predicted molar refractivity (Wildman–Crippen MR) is 74.3 cm³/mol. The molecule has 100 valence electrons. The van der Waals surface area contributed by atoms with Gasteiger partial charge in [-0.1, -0.05) is 18.2 Å². The van der Waals surface area contributed by atoms with Crippen molar-refractivity contribution in [1.82, 2.24) is 9.80 Å². The van der Waals surface area contributed by atoms with Gasteiger partial charge in [-0.25, -0.2) is 0 Å². The molecule has 0 aromatic heterocycles. The van der Waals surface area contributed by atoms with E-state index in [1.165, 1.54) is 6.42 Å². The van der Waals surface area contributed by atoms with Gasteiger partial charge in [0.1, 0.15) is 0 Å². The standard InChI is InChI=1S/C14H23N3O/c1-16(2)11-7-8-17(9-11)10-14(18)12-5-3-4-6-13(12)15/h3-6,11,14,18H,7-10,15H2,1-2H3. The van der Waals surface area contributed by atoms with E-state index in [0.717, 1.165) is 18.7 Å². The molecule has 4 heteroatoms. The average molecular weight is 249 g/mol. The first-order valence-electron chi connectivity index (χ1n) is 6.49. The summed E-state index contributed by atoms with van der Waals surface area (Å²) in [6, 6.07) is 8.15. The van der Waals surface area contributed by atoms with Crippen molar-refractivity contribution in [2.75, 3.05) is 39.5 Å². The molecule has 2 rings (SSSR count). The lowest BCUT2D eigenvalue weighted by Gasteiger charge is -2.23. The minimum Gasteiger partial charge on any atom is -0.398 e. The Morgan fingerprint density at radius 2 is 2.17 bits per heavy atom. The number of likely N-dealkylation sites (N-methyl/N-ethyl adjacent to an activating group) is 1. The summed E-state index contributed by atoms with van der Waals surface area (Å²) in [4.78, 5) is 4.56. The molecular formula is C14H23N3O. The van der Waals surface area contributed by atoms with Crippen LogP contribution >= 0.6 is 0 Å². The molecule has 1 saturated heterocycles. The Bertz CT molecular complexity index is 394. The van der Waals surface area contributed by atoms with Gasteiger partial charge in [-0.15, -0.1) is 0 Å². The molecule has 18 heavy (non-hydrogen) atoms. The molecule has 1 aliphatic rings. The number of aliphatic hydroxyl groups is 1. The van der Waals surface area contributed by atoms with E-state index in [-0.39, 0.29) is 0 Å². The zero-order valence-corrected chi connectivity index (χ0v) is 11.2. The van der Waals surface area contributed by atoms with E-state index in [9.17, 15) is 5.11 Å². The molecule has 3 N–H and O–H groups in total. The van der Waals surface area contributed by atoms with E-state index in [4.69, 9.17) is 5.73 Å². The molecule has 0 amide bonds. The Balaban J connectivity index is 1.93. The highest BCUT2D eigenvalue weighted by atomic mass is 16.3. The lowest BCUT2D eigenvalue weighted by atomic mass is 10.1. The van der Waals surface area contributed by atoms with E-state index in [2.05, 4.69) is 23.9 Å². The van der Waals surface area contributed by atoms with Crippen molar-refractivity contribution in [3.8, 4) is 0 Å². The number of anilines is 1. The third-order valence-electron chi connectivity index (χ3n) is 3.76. The van der Waals surface area contributed by atoms with Crippen molar-refractivity contribution in [3.05, 3.63) is 29.8 Å². The summed E-state index contributed by atoms with van der Waals surface area (Å²) in [6.07, 6.45) is 0.677. The van der Waals surface area contributed by atoms with Crippen LogP contribution < -0.4 is 5.73 Å². The average Bonchev–Trinajstić information content (AvgIpc) is 2.78. The van der Waals surface area contributed by atoms with Crippen molar-refractivity contribution in [2.24, 2.45) is 0 Å². The lowest BCUT2D eigenvalue weighted by Crippen LogP contribution is -2.33. The summed E-state index contributed by atoms with van der Waals surface area (Å²) in [5.74, 6) is 0. The van der Waals surface area contributed by atoms with Crippen LogP contribution in [-0.4, -0.2) is 54.7 Å². The quantitative estimate of drug-likeness (QED) is 0.780. The predicted octanol–water partition coefficient (Wildman–Crippen LogP) is 0.938. The third-order valence-corrected chi connectivity index (χ3v) is 3.76. The Morgan fingerprint density at radius 3 is 2.78 bits per heavy atom. The fraction of sp³-hybridized carbons (Fsp3) is 0.571. The van der Waals surface area contributed by atoms with Crippen molar-refractivity contribution in [3.63, 3.8) is 0 Å². The minimum absolute atomic E-state index is 0.493. The third kappa shape index (κ3) is 3.02. The fourth-order valence-electron chi connectivity index (χ4n) is 2.56. The van der Waals surface area contributed by atoms with Gasteiger partial charge in [0.15, 0.2) is 0 Å². The van der Waals surface area contributed by atoms with Gasteiger partial charge in [-0.2, -0.15) is 0 Å². The van der Waals surface area contributed by atoms with E-state index < -0.39 is 6.10 Å².